The molecule has 27 heavy (non-hydrogen) atoms. The summed E-state index contributed by atoms with van der Waals surface area (Å²) < 4.78 is 34.2. The quantitative estimate of drug-likeness (QED) is 0.720. The Labute approximate surface area is 157 Å². The zero-order chi connectivity index (χ0) is 19.8. The van der Waals surface area contributed by atoms with Gasteiger partial charge in [-0.1, -0.05) is 6.07 Å². The molecular formula is C20H24F2N2O3. The average Bonchev–Trinajstić information content (AvgIpc) is 2.55. The summed E-state index contributed by atoms with van der Waals surface area (Å²) in [5, 5.41) is 2.71. The van der Waals surface area contributed by atoms with Crippen LogP contribution in [0.5, 0.6) is 11.5 Å². The van der Waals surface area contributed by atoms with Gasteiger partial charge in [0, 0.05) is 12.2 Å². The zero-order valence-electron chi connectivity index (χ0n) is 15.7. The lowest BCUT2D eigenvalue weighted by Gasteiger charge is -2.17. The Morgan fingerprint density at radius 1 is 1.07 bits per heavy atom. The Kier molecular flexibility index (Phi) is 7.55. The van der Waals surface area contributed by atoms with Crippen LogP contribution in [0.15, 0.2) is 42.5 Å². The summed E-state index contributed by atoms with van der Waals surface area (Å²) in [6.07, 6.45) is 0. The van der Waals surface area contributed by atoms with Gasteiger partial charge >= 0.3 is 6.61 Å². The molecule has 0 spiro atoms. The predicted molar refractivity (Wildman–Crippen MR) is 101 cm³/mol. The Balaban J connectivity index is 1.73. The van der Waals surface area contributed by atoms with Gasteiger partial charge in [-0.05, 0) is 68.4 Å². The number of aryl methyl sites for hydroxylation is 2. The summed E-state index contributed by atoms with van der Waals surface area (Å²) in [6, 6.07) is 11.8. The number of halogens is 2. The number of hydrogen-bond donors (Lipinski definition) is 1. The molecule has 0 bridgehead atoms. The molecule has 0 saturated carbocycles. The van der Waals surface area contributed by atoms with Gasteiger partial charge in [0.15, 0.2) is 0 Å². The molecular weight excluding hydrogens is 354 g/mol. The van der Waals surface area contributed by atoms with Gasteiger partial charge in [-0.3, -0.25) is 9.69 Å². The molecule has 0 aromatic heterocycles. The largest absolute Gasteiger partial charge is 0.492 e. The van der Waals surface area contributed by atoms with E-state index >= 15 is 0 Å². The number of amides is 1. The molecule has 146 valence electrons. The van der Waals surface area contributed by atoms with E-state index in [4.69, 9.17) is 4.74 Å². The molecule has 0 radical (unpaired) electrons. The van der Waals surface area contributed by atoms with E-state index in [1.165, 1.54) is 24.3 Å². The van der Waals surface area contributed by atoms with Gasteiger partial charge in [0.05, 0.1) is 6.54 Å². The fourth-order valence-corrected chi connectivity index (χ4v) is 2.58. The smallest absolute Gasteiger partial charge is 0.387 e. The minimum absolute atomic E-state index is 0.0450. The van der Waals surface area contributed by atoms with Gasteiger partial charge in [-0.2, -0.15) is 8.78 Å². The standard InChI is InChI=1S/C20H24F2N2O3/c1-14-10-15(2)12-18(11-14)26-9-8-24(3)13-19(25)23-16-4-6-17(7-5-16)27-20(21)22/h4-7,10-12,20H,8-9,13H2,1-3H3,(H,23,25). The highest BCUT2D eigenvalue weighted by atomic mass is 19.3. The van der Waals surface area contributed by atoms with Crippen molar-refractivity contribution in [2.45, 2.75) is 20.5 Å². The third-order valence-corrected chi connectivity index (χ3v) is 3.71. The molecule has 2 rings (SSSR count). The first-order valence-corrected chi connectivity index (χ1v) is 8.56. The van der Waals surface area contributed by atoms with Crippen molar-refractivity contribution in [3.63, 3.8) is 0 Å². The Bertz CT molecular complexity index is 731. The molecule has 0 fully saturated rings. The maximum Gasteiger partial charge on any atom is 0.387 e. The number of alkyl halides is 2. The number of anilines is 1. The van der Waals surface area contributed by atoms with Gasteiger partial charge in [0.2, 0.25) is 5.91 Å². The van der Waals surface area contributed by atoms with Crippen molar-refractivity contribution >= 4 is 11.6 Å². The van der Waals surface area contributed by atoms with Crippen molar-refractivity contribution in [2.24, 2.45) is 0 Å². The van der Waals surface area contributed by atoms with Crippen LogP contribution in [-0.4, -0.2) is 44.2 Å². The molecule has 1 amide bonds. The molecule has 0 atom stereocenters. The SMILES string of the molecule is Cc1cc(C)cc(OCCN(C)CC(=O)Nc2ccc(OC(F)F)cc2)c1. The molecule has 5 nitrogen and oxygen atoms in total. The van der Waals surface area contributed by atoms with Gasteiger partial charge in [-0.25, -0.2) is 0 Å². The van der Waals surface area contributed by atoms with Crippen LogP contribution < -0.4 is 14.8 Å². The molecule has 1 N–H and O–H groups in total. The van der Waals surface area contributed by atoms with Crippen LogP contribution >= 0.6 is 0 Å². The summed E-state index contributed by atoms with van der Waals surface area (Å²) in [4.78, 5) is 13.9. The topological polar surface area (TPSA) is 50.8 Å². The summed E-state index contributed by atoms with van der Waals surface area (Å²) in [7, 11) is 1.82. The van der Waals surface area contributed by atoms with Crippen molar-refractivity contribution in [1.82, 2.24) is 4.90 Å². The van der Waals surface area contributed by atoms with Crippen LogP contribution in [0.2, 0.25) is 0 Å². The summed E-state index contributed by atoms with van der Waals surface area (Å²) in [6.45, 7) is 2.40. The van der Waals surface area contributed by atoms with E-state index in [2.05, 4.69) is 16.1 Å². The van der Waals surface area contributed by atoms with E-state index in [1.54, 1.807) is 0 Å². The van der Waals surface area contributed by atoms with E-state index in [9.17, 15) is 13.6 Å². The van der Waals surface area contributed by atoms with Crippen LogP contribution in [0.3, 0.4) is 0 Å². The number of rotatable bonds is 9. The lowest BCUT2D eigenvalue weighted by molar-refractivity contribution is -0.117. The molecule has 2 aromatic rings. The fraction of sp³-hybridized carbons (Fsp3) is 0.350. The van der Waals surface area contributed by atoms with E-state index in [1.807, 2.05) is 37.9 Å². The van der Waals surface area contributed by atoms with Crippen LogP contribution in [0, 0.1) is 13.8 Å². The van der Waals surface area contributed by atoms with E-state index in [0.717, 1.165) is 16.9 Å². The van der Waals surface area contributed by atoms with Gasteiger partial charge in [0.25, 0.3) is 0 Å². The van der Waals surface area contributed by atoms with Crippen molar-refractivity contribution < 1.29 is 23.0 Å². The van der Waals surface area contributed by atoms with Crippen molar-refractivity contribution in [2.75, 3.05) is 32.1 Å². The fourth-order valence-electron chi connectivity index (χ4n) is 2.58. The maximum absolute atomic E-state index is 12.1. The van der Waals surface area contributed by atoms with Crippen molar-refractivity contribution in [1.29, 1.82) is 0 Å². The van der Waals surface area contributed by atoms with Crippen LogP contribution in [0.4, 0.5) is 14.5 Å². The number of likely N-dealkylation sites (N-methyl/N-ethyl adjacent to an activating group) is 1. The molecule has 0 aliphatic heterocycles. The first-order chi connectivity index (χ1) is 12.8. The summed E-state index contributed by atoms with van der Waals surface area (Å²) >= 11 is 0. The Morgan fingerprint density at radius 3 is 2.30 bits per heavy atom. The van der Waals surface area contributed by atoms with Crippen LogP contribution in [0.1, 0.15) is 11.1 Å². The second-order valence-corrected chi connectivity index (χ2v) is 6.36. The number of nitrogens with one attached hydrogen (secondary N) is 1. The van der Waals surface area contributed by atoms with Crippen molar-refractivity contribution in [3.8, 4) is 11.5 Å². The van der Waals surface area contributed by atoms with Crippen LogP contribution in [0.25, 0.3) is 0 Å². The number of carbonyl (C=O) groups is 1. The minimum atomic E-state index is -2.87. The number of nitrogens with zero attached hydrogens (tertiary/aromatic N) is 1. The lowest BCUT2D eigenvalue weighted by Crippen LogP contribution is -2.33. The van der Waals surface area contributed by atoms with Gasteiger partial charge < -0.3 is 14.8 Å². The number of carbonyl (C=O) groups excluding carboxylic acids is 1. The first kappa shape index (κ1) is 20.6. The molecule has 2 aromatic carbocycles. The molecule has 7 heteroatoms. The lowest BCUT2D eigenvalue weighted by atomic mass is 10.1. The van der Waals surface area contributed by atoms with E-state index in [-0.39, 0.29) is 18.2 Å². The van der Waals surface area contributed by atoms with E-state index < -0.39 is 6.61 Å². The monoisotopic (exact) mass is 378 g/mol. The highest BCUT2D eigenvalue weighted by molar-refractivity contribution is 5.92. The predicted octanol–water partition coefficient (Wildman–Crippen LogP) is 3.85. The number of benzene rings is 2. The van der Waals surface area contributed by atoms with E-state index in [0.29, 0.717) is 18.8 Å². The van der Waals surface area contributed by atoms with Gasteiger partial charge in [-0.15, -0.1) is 0 Å². The Hall–Kier alpha value is -2.67. The number of hydrogen-bond acceptors (Lipinski definition) is 4. The highest BCUT2D eigenvalue weighted by Gasteiger charge is 2.08. The zero-order valence-corrected chi connectivity index (χ0v) is 15.7. The second-order valence-electron chi connectivity index (χ2n) is 6.36. The molecule has 0 aliphatic rings. The molecule has 0 saturated heterocycles. The minimum Gasteiger partial charge on any atom is -0.492 e. The third kappa shape index (κ3) is 7.62. The first-order valence-electron chi connectivity index (χ1n) is 8.56. The second kappa shape index (κ2) is 9.87. The van der Waals surface area contributed by atoms with Crippen molar-refractivity contribution in [3.05, 3.63) is 53.6 Å². The number of ether oxygens (including phenoxy) is 2. The maximum atomic E-state index is 12.1. The van der Waals surface area contributed by atoms with Gasteiger partial charge in [0.1, 0.15) is 18.1 Å². The molecule has 0 aliphatic carbocycles. The third-order valence-electron chi connectivity index (χ3n) is 3.71. The molecule has 0 unspecified atom stereocenters. The molecule has 0 heterocycles. The summed E-state index contributed by atoms with van der Waals surface area (Å²) in [5.74, 6) is 0.659. The highest BCUT2D eigenvalue weighted by Crippen LogP contribution is 2.18. The van der Waals surface area contributed by atoms with Crippen LogP contribution in [-0.2, 0) is 4.79 Å². The summed E-state index contributed by atoms with van der Waals surface area (Å²) in [5.41, 5.74) is 2.80. The normalized spacial score (nSPS) is 10.9. The Morgan fingerprint density at radius 2 is 1.70 bits per heavy atom. The average molecular weight is 378 g/mol.